The number of nitrogens with zero attached hydrogens (tertiary/aromatic N) is 1. The van der Waals surface area contributed by atoms with Crippen molar-refractivity contribution in [1.29, 1.82) is 0 Å². The maximum Gasteiger partial charge on any atom is 0.0317 e. The van der Waals surface area contributed by atoms with Crippen molar-refractivity contribution < 1.29 is 0 Å². The van der Waals surface area contributed by atoms with E-state index in [-0.39, 0.29) is 12.4 Å². The molecule has 0 spiro atoms. The zero-order valence-electron chi connectivity index (χ0n) is 12.2. The molecule has 108 valence electrons. The molecule has 0 aliphatic heterocycles. The lowest BCUT2D eigenvalue weighted by molar-refractivity contribution is 0.271. The lowest BCUT2D eigenvalue weighted by Crippen LogP contribution is -2.22. The Morgan fingerprint density at radius 2 is 1.75 bits per heavy atom. The first-order valence-corrected chi connectivity index (χ1v) is 6.80. The Morgan fingerprint density at radius 3 is 2.40 bits per heavy atom. The molecule has 0 radical (unpaired) electrons. The van der Waals surface area contributed by atoms with Gasteiger partial charge in [0, 0.05) is 18.8 Å². The molecule has 0 aliphatic rings. The number of nitrogen functional groups attached to an aromatic ring is 1. The normalized spacial score (nSPS) is 10.3. The molecule has 2 aromatic carbocycles. The number of rotatable bonds is 5. The van der Waals surface area contributed by atoms with Gasteiger partial charge in [0.25, 0.3) is 0 Å². The van der Waals surface area contributed by atoms with Crippen LogP contribution in [0.1, 0.15) is 23.6 Å². The van der Waals surface area contributed by atoms with E-state index in [4.69, 9.17) is 5.73 Å². The maximum absolute atomic E-state index is 5.83. The van der Waals surface area contributed by atoms with Crippen molar-refractivity contribution in [2.45, 2.75) is 26.9 Å². The van der Waals surface area contributed by atoms with Gasteiger partial charge in [0.1, 0.15) is 0 Å². The van der Waals surface area contributed by atoms with Crippen molar-refractivity contribution in [3.05, 3.63) is 65.2 Å². The third kappa shape index (κ3) is 4.55. The molecule has 0 unspecified atom stereocenters. The SMILES string of the molecule is CCN(Cc1cccc(N)c1)Cc1ccccc1C.Cl. The van der Waals surface area contributed by atoms with Crippen molar-refractivity contribution >= 4 is 18.1 Å². The summed E-state index contributed by atoms with van der Waals surface area (Å²) in [5.74, 6) is 0. The predicted octanol–water partition coefficient (Wildman–Crippen LogP) is 4.02. The first-order valence-electron chi connectivity index (χ1n) is 6.80. The topological polar surface area (TPSA) is 29.3 Å². The van der Waals surface area contributed by atoms with Gasteiger partial charge in [-0.25, -0.2) is 0 Å². The highest BCUT2D eigenvalue weighted by Crippen LogP contribution is 2.14. The van der Waals surface area contributed by atoms with E-state index in [0.29, 0.717) is 0 Å². The minimum Gasteiger partial charge on any atom is -0.399 e. The molecule has 2 nitrogen and oxygen atoms in total. The average Bonchev–Trinajstić information content (AvgIpc) is 2.40. The van der Waals surface area contributed by atoms with Crippen molar-refractivity contribution in [3.8, 4) is 0 Å². The summed E-state index contributed by atoms with van der Waals surface area (Å²) in [6, 6.07) is 16.7. The van der Waals surface area contributed by atoms with Crippen LogP contribution in [0.2, 0.25) is 0 Å². The van der Waals surface area contributed by atoms with Crippen molar-refractivity contribution in [2.75, 3.05) is 12.3 Å². The Kier molecular flexibility index (Phi) is 6.56. The number of hydrogen-bond acceptors (Lipinski definition) is 2. The first kappa shape index (κ1) is 16.5. The van der Waals surface area contributed by atoms with E-state index < -0.39 is 0 Å². The average molecular weight is 291 g/mol. The van der Waals surface area contributed by atoms with E-state index >= 15 is 0 Å². The highest BCUT2D eigenvalue weighted by atomic mass is 35.5. The number of hydrogen-bond donors (Lipinski definition) is 1. The van der Waals surface area contributed by atoms with Gasteiger partial charge in [-0.15, -0.1) is 12.4 Å². The minimum absolute atomic E-state index is 0. The second-order valence-corrected chi connectivity index (χ2v) is 4.97. The summed E-state index contributed by atoms with van der Waals surface area (Å²) in [5.41, 5.74) is 10.7. The van der Waals surface area contributed by atoms with E-state index in [1.54, 1.807) is 0 Å². The molecular formula is C17H23ClN2. The highest BCUT2D eigenvalue weighted by molar-refractivity contribution is 5.85. The number of benzene rings is 2. The third-order valence-corrected chi connectivity index (χ3v) is 3.46. The lowest BCUT2D eigenvalue weighted by Gasteiger charge is -2.21. The van der Waals surface area contributed by atoms with Crippen LogP contribution in [-0.2, 0) is 13.1 Å². The van der Waals surface area contributed by atoms with Gasteiger partial charge < -0.3 is 5.73 Å². The molecule has 2 aromatic rings. The number of nitrogens with two attached hydrogens (primary N) is 1. The quantitative estimate of drug-likeness (QED) is 0.843. The predicted molar refractivity (Wildman–Crippen MR) is 89.1 cm³/mol. The van der Waals surface area contributed by atoms with Gasteiger partial charge in [0.05, 0.1) is 0 Å². The van der Waals surface area contributed by atoms with Crippen molar-refractivity contribution in [1.82, 2.24) is 4.90 Å². The Balaban J connectivity index is 0.00000200. The van der Waals surface area contributed by atoms with E-state index in [1.165, 1.54) is 16.7 Å². The minimum atomic E-state index is 0. The summed E-state index contributed by atoms with van der Waals surface area (Å²) in [6.07, 6.45) is 0. The molecule has 0 saturated carbocycles. The van der Waals surface area contributed by atoms with Crippen LogP contribution in [0.4, 0.5) is 5.69 Å². The van der Waals surface area contributed by atoms with Crippen LogP contribution < -0.4 is 5.73 Å². The molecule has 0 heterocycles. The van der Waals surface area contributed by atoms with Crippen molar-refractivity contribution in [3.63, 3.8) is 0 Å². The zero-order valence-corrected chi connectivity index (χ0v) is 13.0. The Labute approximate surface area is 128 Å². The van der Waals surface area contributed by atoms with Crippen LogP contribution >= 0.6 is 12.4 Å². The molecule has 2 rings (SSSR count). The molecule has 0 amide bonds. The van der Waals surface area contributed by atoms with E-state index in [1.807, 2.05) is 12.1 Å². The lowest BCUT2D eigenvalue weighted by atomic mass is 10.1. The second kappa shape index (κ2) is 7.93. The van der Waals surface area contributed by atoms with Gasteiger partial charge in [-0.1, -0.05) is 43.3 Å². The Hall–Kier alpha value is -1.51. The van der Waals surface area contributed by atoms with Gasteiger partial charge in [0.15, 0.2) is 0 Å². The fourth-order valence-corrected chi connectivity index (χ4v) is 2.26. The van der Waals surface area contributed by atoms with Crippen LogP contribution in [0.25, 0.3) is 0 Å². The summed E-state index contributed by atoms with van der Waals surface area (Å²) in [5, 5.41) is 0. The fraction of sp³-hybridized carbons (Fsp3) is 0.294. The van der Waals surface area contributed by atoms with E-state index in [9.17, 15) is 0 Å². The maximum atomic E-state index is 5.83. The molecule has 0 saturated heterocycles. The summed E-state index contributed by atoms with van der Waals surface area (Å²) >= 11 is 0. The zero-order chi connectivity index (χ0) is 13.7. The molecule has 0 atom stereocenters. The van der Waals surface area contributed by atoms with Gasteiger partial charge in [-0.05, 0) is 42.3 Å². The molecule has 3 heteroatoms. The third-order valence-electron chi connectivity index (χ3n) is 3.46. The summed E-state index contributed by atoms with van der Waals surface area (Å²) < 4.78 is 0. The van der Waals surface area contributed by atoms with Crippen LogP contribution in [0.3, 0.4) is 0 Å². The molecule has 0 fully saturated rings. The van der Waals surface area contributed by atoms with Gasteiger partial charge in [-0.3, -0.25) is 4.90 Å². The fourth-order valence-electron chi connectivity index (χ4n) is 2.26. The van der Waals surface area contributed by atoms with E-state index in [2.05, 4.69) is 55.1 Å². The second-order valence-electron chi connectivity index (χ2n) is 4.97. The molecule has 0 aromatic heterocycles. The summed E-state index contributed by atoms with van der Waals surface area (Å²) in [7, 11) is 0. The Morgan fingerprint density at radius 1 is 1.00 bits per heavy atom. The van der Waals surface area contributed by atoms with Crippen LogP contribution in [0.15, 0.2) is 48.5 Å². The van der Waals surface area contributed by atoms with Crippen molar-refractivity contribution in [2.24, 2.45) is 0 Å². The summed E-state index contributed by atoms with van der Waals surface area (Å²) in [4.78, 5) is 2.43. The Bertz CT molecular complexity index is 540. The number of anilines is 1. The first-order chi connectivity index (χ1) is 9.19. The molecule has 0 aliphatic carbocycles. The molecular weight excluding hydrogens is 268 g/mol. The number of aryl methyl sites for hydroxylation is 1. The largest absolute Gasteiger partial charge is 0.399 e. The monoisotopic (exact) mass is 290 g/mol. The molecule has 20 heavy (non-hydrogen) atoms. The highest BCUT2D eigenvalue weighted by Gasteiger charge is 2.06. The van der Waals surface area contributed by atoms with Crippen LogP contribution in [-0.4, -0.2) is 11.4 Å². The van der Waals surface area contributed by atoms with E-state index in [0.717, 1.165) is 25.3 Å². The van der Waals surface area contributed by atoms with Gasteiger partial charge in [0.2, 0.25) is 0 Å². The molecule has 2 N–H and O–H groups in total. The standard InChI is InChI=1S/C17H22N2.ClH/c1-3-19(12-15-8-6-10-17(18)11-15)13-16-9-5-4-7-14(16)2;/h4-11H,3,12-13,18H2,1-2H3;1H. The van der Waals surface area contributed by atoms with Gasteiger partial charge >= 0.3 is 0 Å². The molecule has 0 bridgehead atoms. The smallest absolute Gasteiger partial charge is 0.0317 e. The number of halogens is 1. The summed E-state index contributed by atoms with van der Waals surface area (Å²) in [6.45, 7) is 7.32. The van der Waals surface area contributed by atoms with Crippen LogP contribution in [0, 0.1) is 6.92 Å². The van der Waals surface area contributed by atoms with Crippen LogP contribution in [0.5, 0.6) is 0 Å². The van der Waals surface area contributed by atoms with Gasteiger partial charge in [-0.2, -0.15) is 0 Å².